The minimum absolute atomic E-state index is 0.680. The summed E-state index contributed by atoms with van der Waals surface area (Å²) in [5.74, 6) is 2.03. The van der Waals surface area contributed by atoms with Crippen molar-refractivity contribution in [1.29, 1.82) is 0 Å². The number of rotatable bonds is 4. The van der Waals surface area contributed by atoms with Crippen molar-refractivity contribution < 1.29 is 0 Å². The fraction of sp³-hybridized carbons (Fsp3) is 0.429. The maximum absolute atomic E-state index is 6.35. The van der Waals surface area contributed by atoms with Crippen LogP contribution in [-0.2, 0) is 13.0 Å². The average molecular weight is 435 g/mol. The highest BCUT2D eigenvalue weighted by Gasteiger charge is 2.23. The highest BCUT2D eigenvalue weighted by Crippen LogP contribution is 2.35. The van der Waals surface area contributed by atoms with Crippen molar-refractivity contribution in [3.63, 3.8) is 0 Å². The second-order valence-corrected chi connectivity index (χ2v) is 9.33. The fourth-order valence-electron chi connectivity index (χ4n) is 3.67. The van der Waals surface area contributed by atoms with E-state index in [0.29, 0.717) is 5.02 Å². The van der Waals surface area contributed by atoms with Gasteiger partial charge in [-0.3, -0.25) is 4.90 Å². The molecule has 4 nitrogen and oxygen atoms in total. The zero-order valence-electron chi connectivity index (χ0n) is 16.4. The maximum atomic E-state index is 6.35. The molecule has 0 atom stereocenters. The third-order valence-corrected chi connectivity index (χ3v) is 7.14. The van der Waals surface area contributed by atoms with E-state index in [1.54, 1.807) is 11.3 Å². The molecular weight excluding hydrogens is 411 g/mol. The Balaban J connectivity index is 1.53. The van der Waals surface area contributed by atoms with Crippen LogP contribution < -0.4 is 4.90 Å². The normalized spacial score (nSPS) is 15.5. The molecule has 0 amide bonds. The van der Waals surface area contributed by atoms with Crippen LogP contribution in [0.4, 0.5) is 5.82 Å². The Morgan fingerprint density at radius 2 is 1.82 bits per heavy atom. The van der Waals surface area contributed by atoms with Gasteiger partial charge in [-0.2, -0.15) is 0 Å². The van der Waals surface area contributed by atoms with Crippen LogP contribution in [0.2, 0.25) is 10.0 Å². The van der Waals surface area contributed by atoms with E-state index < -0.39 is 0 Å². The molecule has 0 saturated carbocycles. The van der Waals surface area contributed by atoms with Crippen molar-refractivity contribution in [2.45, 2.75) is 33.7 Å². The molecule has 0 unspecified atom stereocenters. The number of hydrogen-bond donors (Lipinski definition) is 0. The second kappa shape index (κ2) is 8.15. The second-order valence-electron chi connectivity index (χ2n) is 7.28. The first-order valence-electron chi connectivity index (χ1n) is 9.64. The van der Waals surface area contributed by atoms with E-state index in [1.807, 2.05) is 18.2 Å². The third-order valence-electron chi connectivity index (χ3n) is 5.45. The Morgan fingerprint density at radius 1 is 1.07 bits per heavy atom. The smallest absolute Gasteiger partial charge is 0.141 e. The van der Waals surface area contributed by atoms with E-state index in [4.69, 9.17) is 33.2 Å². The average Bonchev–Trinajstić information content (AvgIpc) is 2.98. The van der Waals surface area contributed by atoms with E-state index in [9.17, 15) is 0 Å². The van der Waals surface area contributed by atoms with E-state index in [-0.39, 0.29) is 0 Å². The van der Waals surface area contributed by atoms with Gasteiger partial charge in [0.1, 0.15) is 16.5 Å². The summed E-state index contributed by atoms with van der Waals surface area (Å²) < 4.78 is 0. The summed E-state index contributed by atoms with van der Waals surface area (Å²) >= 11 is 14.1. The van der Waals surface area contributed by atoms with Crippen molar-refractivity contribution in [2.75, 3.05) is 31.1 Å². The minimum Gasteiger partial charge on any atom is -0.353 e. The van der Waals surface area contributed by atoms with Gasteiger partial charge in [0, 0.05) is 54.1 Å². The summed E-state index contributed by atoms with van der Waals surface area (Å²) in [7, 11) is 0. The molecule has 0 N–H and O–H groups in total. The Labute approximate surface area is 180 Å². The summed E-state index contributed by atoms with van der Waals surface area (Å²) in [5, 5.41) is 2.65. The third kappa shape index (κ3) is 3.86. The standard InChI is InChI=1S/C21H24Cl2N4S/c1-4-18-24-20(19-13(2)14(3)28-21(19)25-18)27-9-7-26(8-10-27)12-15-5-6-16(22)11-17(15)23/h5-6,11H,4,7-10,12H2,1-3H3. The van der Waals surface area contributed by atoms with Crippen LogP contribution in [0.25, 0.3) is 10.2 Å². The van der Waals surface area contributed by atoms with Gasteiger partial charge < -0.3 is 4.90 Å². The van der Waals surface area contributed by atoms with Crippen molar-refractivity contribution in [2.24, 2.45) is 0 Å². The number of nitrogens with zero attached hydrogens (tertiary/aromatic N) is 4. The number of hydrogen-bond acceptors (Lipinski definition) is 5. The molecule has 3 aromatic rings. The van der Waals surface area contributed by atoms with Gasteiger partial charge in [-0.05, 0) is 37.1 Å². The molecule has 1 aromatic carbocycles. The van der Waals surface area contributed by atoms with Crippen LogP contribution in [0.3, 0.4) is 0 Å². The highest BCUT2D eigenvalue weighted by atomic mass is 35.5. The summed E-state index contributed by atoms with van der Waals surface area (Å²) in [5.41, 5.74) is 2.44. The zero-order valence-corrected chi connectivity index (χ0v) is 18.8. The van der Waals surface area contributed by atoms with E-state index >= 15 is 0 Å². The first kappa shape index (κ1) is 19.9. The van der Waals surface area contributed by atoms with Crippen molar-refractivity contribution in [3.05, 3.63) is 50.1 Å². The monoisotopic (exact) mass is 434 g/mol. The molecule has 3 heterocycles. The first-order valence-corrected chi connectivity index (χ1v) is 11.2. The molecule has 0 bridgehead atoms. The molecule has 1 fully saturated rings. The predicted molar refractivity (Wildman–Crippen MR) is 120 cm³/mol. The molecule has 0 radical (unpaired) electrons. The lowest BCUT2D eigenvalue weighted by Crippen LogP contribution is -2.46. The molecule has 148 valence electrons. The minimum atomic E-state index is 0.680. The largest absolute Gasteiger partial charge is 0.353 e. The summed E-state index contributed by atoms with van der Waals surface area (Å²) in [4.78, 5) is 17.0. The Hall–Kier alpha value is -1.40. The topological polar surface area (TPSA) is 32.3 Å². The number of piperazine rings is 1. The molecular formula is C21H24Cl2N4S. The molecule has 1 saturated heterocycles. The van der Waals surface area contributed by atoms with Gasteiger partial charge in [-0.25, -0.2) is 9.97 Å². The van der Waals surface area contributed by atoms with Crippen molar-refractivity contribution in [1.82, 2.24) is 14.9 Å². The van der Waals surface area contributed by atoms with E-state index in [2.05, 4.69) is 30.6 Å². The summed E-state index contributed by atoms with van der Waals surface area (Å²) in [6.45, 7) is 11.2. The SMILES string of the molecule is CCc1nc(N2CCN(Cc3ccc(Cl)cc3Cl)CC2)c2c(C)c(C)sc2n1. The van der Waals surface area contributed by atoms with Crippen LogP contribution in [0.1, 0.15) is 28.8 Å². The van der Waals surface area contributed by atoms with Crippen LogP contribution in [0.15, 0.2) is 18.2 Å². The Bertz CT molecular complexity index is 1010. The lowest BCUT2D eigenvalue weighted by atomic mass is 10.1. The molecule has 7 heteroatoms. The number of benzene rings is 1. The number of anilines is 1. The van der Waals surface area contributed by atoms with Crippen LogP contribution in [-0.4, -0.2) is 41.0 Å². The highest BCUT2D eigenvalue weighted by molar-refractivity contribution is 7.18. The maximum Gasteiger partial charge on any atom is 0.141 e. The quantitative estimate of drug-likeness (QED) is 0.542. The Morgan fingerprint density at radius 3 is 2.50 bits per heavy atom. The molecule has 1 aliphatic rings. The summed E-state index contributed by atoms with van der Waals surface area (Å²) in [6, 6.07) is 5.75. The number of aryl methyl sites for hydroxylation is 3. The lowest BCUT2D eigenvalue weighted by molar-refractivity contribution is 0.249. The van der Waals surface area contributed by atoms with E-state index in [0.717, 1.165) is 66.2 Å². The first-order chi connectivity index (χ1) is 13.5. The van der Waals surface area contributed by atoms with Gasteiger partial charge in [0.2, 0.25) is 0 Å². The molecule has 28 heavy (non-hydrogen) atoms. The van der Waals surface area contributed by atoms with Gasteiger partial charge in [-0.15, -0.1) is 11.3 Å². The van der Waals surface area contributed by atoms with Gasteiger partial charge in [-0.1, -0.05) is 36.2 Å². The lowest BCUT2D eigenvalue weighted by Gasteiger charge is -2.36. The molecule has 2 aromatic heterocycles. The van der Waals surface area contributed by atoms with Crippen molar-refractivity contribution >= 4 is 50.6 Å². The molecule has 0 aliphatic carbocycles. The summed E-state index contributed by atoms with van der Waals surface area (Å²) in [6.07, 6.45) is 0.855. The van der Waals surface area contributed by atoms with Crippen LogP contribution >= 0.6 is 34.5 Å². The number of aromatic nitrogens is 2. The van der Waals surface area contributed by atoms with Crippen LogP contribution in [0, 0.1) is 13.8 Å². The number of fused-ring (bicyclic) bond motifs is 1. The van der Waals surface area contributed by atoms with Gasteiger partial charge in [0.25, 0.3) is 0 Å². The molecule has 1 aliphatic heterocycles. The molecule has 0 spiro atoms. The van der Waals surface area contributed by atoms with Gasteiger partial charge >= 0.3 is 0 Å². The zero-order chi connectivity index (χ0) is 19.8. The Kier molecular flexibility index (Phi) is 5.79. The molecule has 4 rings (SSSR count). The van der Waals surface area contributed by atoms with Gasteiger partial charge in [0.05, 0.1) is 5.39 Å². The van der Waals surface area contributed by atoms with E-state index in [1.165, 1.54) is 15.8 Å². The number of thiophene rings is 1. The number of halogens is 2. The van der Waals surface area contributed by atoms with Crippen molar-refractivity contribution in [3.8, 4) is 0 Å². The van der Waals surface area contributed by atoms with Crippen LogP contribution in [0.5, 0.6) is 0 Å². The van der Waals surface area contributed by atoms with Gasteiger partial charge in [0.15, 0.2) is 0 Å². The predicted octanol–water partition coefficient (Wildman–Crippen LogP) is 5.50. The fourth-order valence-corrected chi connectivity index (χ4v) is 5.18.